The fourth-order valence-electron chi connectivity index (χ4n) is 20.4. The van der Waals surface area contributed by atoms with Crippen LogP contribution in [0.2, 0.25) is 0 Å². The molecule has 800 valence electrons. The largest absolute Gasteiger partial charge is 0.448 e. The molecule has 0 aromatic carbocycles. The lowest BCUT2D eigenvalue weighted by Crippen LogP contribution is -2.43. The number of aryl methyl sites for hydroxylation is 1. The number of ether oxygens (including phenoxy) is 1. The van der Waals surface area contributed by atoms with Gasteiger partial charge in [0, 0.05) is 228 Å². The summed E-state index contributed by atoms with van der Waals surface area (Å²) in [6.07, 6.45) is 37.3. The first kappa shape index (κ1) is 111. The molecule has 21 rings (SSSR count). The van der Waals surface area contributed by atoms with Crippen LogP contribution in [0.1, 0.15) is 184 Å². The second-order valence-corrected chi connectivity index (χ2v) is 44.4. The fraction of sp³-hybridized carbons (Fsp3) is 0.500. The minimum Gasteiger partial charge on any atom is -0.448 e. The third-order valence-electron chi connectivity index (χ3n) is 28.1. The van der Waals surface area contributed by atoms with Crippen molar-refractivity contribution in [2.24, 2.45) is 58.1 Å². The van der Waals surface area contributed by atoms with Gasteiger partial charge in [0.25, 0.3) is 5.91 Å². The van der Waals surface area contributed by atoms with Crippen molar-refractivity contribution in [2.75, 3.05) is 154 Å². The molecule has 6 atom stereocenters. The van der Waals surface area contributed by atoms with Gasteiger partial charge in [-0.05, 0) is 207 Å². The summed E-state index contributed by atoms with van der Waals surface area (Å²) in [6.45, 7) is 19.2. The molecule has 6 saturated heterocycles. The highest BCUT2D eigenvalue weighted by Crippen LogP contribution is 2.49. The number of hydrogen-bond acceptors (Lipinski definition) is 27. The number of piperidine rings is 6. The van der Waals surface area contributed by atoms with Gasteiger partial charge < -0.3 is 135 Å². The molecular weight excluding hydrogens is 2240 g/mol. The van der Waals surface area contributed by atoms with E-state index in [0.717, 1.165) is 297 Å². The Kier molecular flexibility index (Phi) is 37.1. The van der Waals surface area contributed by atoms with Gasteiger partial charge in [-0.25, -0.2) is 34.9 Å². The first-order valence-electron chi connectivity index (χ1n) is 51.2. The van der Waals surface area contributed by atoms with Gasteiger partial charge in [-0.1, -0.05) is 34.1 Å². The summed E-state index contributed by atoms with van der Waals surface area (Å²) in [7, 11) is 1.36. The van der Waals surface area contributed by atoms with Gasteiger partial charge >= 0.3 is 6.18 Å². The number of nitrogens with zero attached hydrogens (tertiary/aromatic N) is 13. The van der Waals surface area contributed by atoms with Gasteiger partial charge in [0.2, 0.25) is 29.5 Å². The Morgan fingerprint density at radius 1 is 0.423 bits per heavy atom. The topological polar surface area (TPSA) is 557 Å². The molecule has 8 aliphatic rings. The molecular formula is C102H133Br5F3N31O8. The number of rotatable bonds is 23. The van der Waals surface area contributed by atoms with Gasteiger partial charge in [0.05, 0.1) is 128 Å². The van der Waals surface area contributed by atoms with Crippen molar-refractivity contribution >= 4 is 250 Å². The zero-order valence-corrected chi connectivity index (χ0v) is 92.3. The van der Waals surface area contributed by atoms with E-state index in [9.17, 15) is 41.9 Å². The summed E-state index contributed by atoms with van der Waals surface area (Å²) in [5.41, 5.74) is 49.5. The van der Waals surface area contributed by atoms with E-state index in [2.05, 4.69) is 201 Å². The van der Waals surface area contributed by atoms with Gasteiger partial charge in [0.1, 0.15) is 46.8 Å². The number of pyridine rings is 6. The van der Waals surface area contributed by atoms with E-state index >= 15 is 0 Å². The minimum absolute atomic E-state index is 0.00776. The first-order chi connectivity index (χ1) is 71.6. The highest BCUT2D eigenvalue weighted by atomic mass is 79.9. The van der Waals surface area contributed by atoms with Crippen molar-refractivity contribution in [3.05, 3.63) is 120 Å². The second-order valence-electron chi connectivity index (χ2n) is 40.1. The standard InChI is InChI=1S/C18H26BrN5O.C17H19BrN6O2.2C17H22BrN5O.C17H24BrN5O.C16H20F3N5O2/c1-3-11(4-2)18(25)23-14-9-22-17-15(14)16(13(19)8-21-17)24-7-5-6-12(20)10-24;1-9-22-13(8-26-9)17(25)23-12-6-21-16-14(12)15(11(18)5-20-16)24-4-2-3-10(19)7-24;18-12-7-20-16-14(15(12)23-6-2-5-11(19)9-23)13(8-21-16)22-17(24)10-3-1-4-10;18-12-7-20-17-15(16(12)23-5-1-2-11(19)9-23)13(8-21-17)22-14(24)6-10-3-4-10;1-10(2)6-14(24)22-13-8-21-17-15(13)16(12(18)7-20-17)23-5-3-4-11(19)9-23;1-26-8-12(25)23-11-6-22-15-13(11)14(10(5-21-15)16(17,18)19)24-4-2-3-9(20)7-24/h8-9,11-12H,3-7,10,20H2,1-2H3,(H,21,22)(H,23,25);5-6,8,10H,2-4,7,19H2,1H3,(H,20,21)(H,23,25);2*7-8,10-11H,1-6,9,19H2,(H,20,21)(H,22,24);7-8,10-11H,3-6,9,19H2,1-2H3,(H,20,21)(H,22,24);5-6,9H,2-4,7-8,20H2,1H3,(H,21,22)(H,23,25)/t12-;10-;3*11-;9-/m111111/s1. The number of amides is 6. The maximum Gasteiger partial charge on any atom is 0.419 e. The minimum atomic E-state index is -4.58. The van der Waals surface area contributed by atoms with Gasteiger partial charge in [0.15, 0.2) is 11.6 Å². The molecule has 2 aliphatic carbocycles. The van der Waals surface area contributed by atoms with E-state index in [1.165, 1.54) is 32.4 Å². The third-order valence-corrected chi connectivity index (χ3v) is 31.0. The number of nitrogens with two attached hydrogens (primary N) is 6. The van der Waals surface area contributed by atoms with Crippen molar-refractivity contribution in [1.82, 2.24) is 64.8 Å². The smallest absolute Gasteiger partial charge is 0.419 e. The molecule has 13 aromatic rings. The molecule has 6 amide bonds. The van der Waals surface area contributed by atoms with Gasteiger partial charge in [-0.2, -0.15) is 13.2 Å². The van der Waals surface area contributed by atoms with E-state index < -0.39 is 17.6 Å². The molecule has 0 unspecified atom stereocenters. The Labute approximate surface area is 902 Å². The van der Waals surface area contributed by atoms with Crippen LogP contribution in [-0.2, 0) is 34.9 Å². The van der Waals surface area contributed by atoms with Crippen molar-refractivity contribution in [3.8, 4) is 0 Å². The Morgan fingerprint density at radius 2 is 0.732 bits per heavy atom. The van der Waals surface area contributed by atoms with Crippen molar-refractivity contribution < 1.29 is 51.1 Å². The number of alkyl halides is 3. The van der Waals surface area contributed by atoms with E-state index in [1.807, 2.05) is 64.9 Å². The highest BCUT2D eigenvalue weighted by Gasteiger charge is 2.40. The molecule has 39 nitrogen and oxygen atoms in total. The Hall–Kier alpha value is -11.1. The molecule has 6 aliphatic heterocycles. The van der Waals surface area contributed by atoms with Crippen LogP contribution in [-0.4, -0.2) is 229 Å². The number of fused-ring (bicyclic) bond motifs is 6. The summed E-state index contributed by atoms with van der Waals surface area (Å²) >= 11 is 18.2. The lowest BCUT2D eigenvalue weighted by Gasteiger charge is -2.34. The van der Waals surface area contributed by atoms with Crippen molar-refractivity contribution in [3.63, 3.8) is 0 Å². The van der Waals surface area contributed by atoms with E-state index in [-0.39, 0.29) is 112 Å². The van der Waals surface area contributed by atoms with Crippen LogP contribution in [0.4, 0.5) is 81.4 Å². The number of aromatic nitrogens is 13. The zero-order valence-electron chi connectivity index (χ0n) is 84.4. The zero-order chi connectivity index (χ0) is 106. The number of anilines is 12. The molecule has 2 saturated carbocycles. The number of nitrogens with one attached hydrogen (secondary N) is 12. The van der Waals surface area contributed by atoms with Crippen LogP contribution < -0.4 is 95.7 Å². The number of aromatic amines is 6. The average molecular weight is 2380 g/mol. The molecule has 0 bridgehead atoms. The van der Waals surface area contributed by atoms with Crippen LogP contribution in [0.3, 0.4) is 0 Å². The number of methoxy groups -OCH3 is 1. The predicted molar refractivity (Wildman–Crippen MR) is 599 cm³/mol. The predicted octanol–water partition coefficient (Wildman–Crippen LogP) is 17.7. The number of carbonyl (C=O) groups excluding carboxylic acids is 6. The van der Waals surface area contributed by atoms with E-state index in [4.69, 9.17) is 43.6 Å². The normalized spacial score (nSPS) is 19.2. The number of carbonyl (C=O) groups is 6. The fourth-order valence-corrected chi connectivity index (χ4v) is 23.2. The lowest BCUT2D eigenvalue weighted by atomic mass is 9.85. The quantitative estimate of drug-likeness (QED) is 0.0283. The molecule has 8 fully saturated rings. The Morgan fingerprint density at radius 3 is 1.03 bits per heavy atom. The summed E-state index contributed by atoms with van der Waals surface area (Å²) in [5, 5.41) is 22.6. The molecule has 13 aromatic heterocycles. The molecule has 19 heterocycles. The van der Waals surface area contributed by atoms with Crippen LogP contribution in [0.15, 0.2) is 107 Å². The van der Waals surface area contributed by atoms with Gasteiger partial charge in [-0.3, -0.25) is 28.8 Å². The molecule has 47 heteroatoms. The summed E-state index contributed by atoms with van der Waals surface area (Å²) in [5.74, 6) is 0.998. The van der Waals surface area contributed by atoms with E-state index in [1.54, 1.807) is 36.6 Å². The van der Waals surface area contributed by atoms with Crippen LogP contribution in [0.25, 0.3) is 66.2 Å². The maximum absolute atomic E-state index is 13.6. The average Bonchev–Trinajstić information content (AvgIpc) is 1.68. The van der Waals surface area contributed by atoms with E-state index in [0.29, 0.717) is 61.4 Å². The number of halogens is 8. The highest BCUT2D eigenvalue weighted by molar-refractivity contribution is 9.11. The Balaban J connectivity index is 0.000000127. The summed E-state index contributed by atoms with van der Waals surface area (Å²) in [4.78, 5) is 136. The summed E-state index contributed by atoms with van der Waals surface area (Å²) < 4.78 is 55.4. The van der Waals surface area contributed by atoms with Gasteiger partial charge in [-0.15, -0.1) is 0 Å². The number of oxazole rings is 1. The molecule has 24 N–H and O–H groups in total. The number of H-pyrrole nitrogens is 6. The number of hydrogen-bond donors (Lipinski definition) is 18. The Bertz CT molecular complexity index is 6770. The molecule has 0 spiro atoms. The molecule has 149 heavy (non-hydrogen) atoms. The monoisotopic (exact) mass is 2370 g/mol. The van der Waals surface area contributed by atoms with Crippen molar-refractivity contribution in [1.29, 1.82) is 0 Å². The lowest BCUT2D eigenvalue weighted by molar-refractivity contribution is -0.137. The van der Waals surface area contributed by atoms with Crippen LogP contribution in [0, 0.1) is 30.6 Å². The SMILES string of the molecule is CC(C)CC(=O)Nc1c[nH]c2ncc(Br)c(N3CCC[C@@H](N)C3)c12.CCC(CC)C(=O)Nc1c[nH]c2ncc(Br)c(N3CCC[C@@H](N)C3)c12.COCC(=O)Nc1c[nH]c2ncc(C(F)(F)F)c(N3CCC[C@@H](N)C3)c12.Cc1nc(C(=O)Nc2c[nH]c3ncc(Br)c(N4CCC[C@@H](N)C4)c23)co1.N[C@@H]1CCCN(c2c(Br)cnc3[nH]cc(NC(=O)C4CCC4)c23)C1.N[C@@H]1CCCN(c2c(Br)cnc3[nH]cc(NC(=O)CC4CC4)c23)C1. The summed E-state index contributed by atoms with van der Waals surface area (Å²) in [6, 6.07) is 0.631. The maximum atomic E-state index is 13.6. The van der Waals surface area contributed by atoms with Crippen molar-refractivity contribution in [2.45, 2.75) is 212 Å². The third kappa shape index (κ3) is 27.0. The van der Waals surface area contributed by atoms with Crippen LogP contribution in [0.5, 0.6) is 0 Å². The van der Waals surface area contributed by atoms with Crippen LogP contribution >= 0.6 is 79.6 Å². The first-order valence-corrected chi connectivity index (χ1v) is 55.2. The second kappa shape index (κ2) is 50.0. The molecule has 0 radical (unpaired) electrons.